The molecule has 0 bridgehead atoms. The van der Waals surface area contributed by atoms with E-state index in [2.05, 4.69) is 9.97 Å². The number of primary amides is 1. The largest absolute Gasteiger partial charge is 0.364 e. The minimum Gasteiger partial charge on any atom is -0.364 e. The predicted octanol–water partition coefficient (Wildman–Crippen LogP) is 1.55. The summed E-state index contributed by atoms with van der Waals surface area (Å²) >= 11 is 0. The third-order valence-corrected chi connectivity index (χ3v) is 2.31. The molecular weight excluding hydrogens is 202 g/mol. The van der Waals surface area contributed by atoms with E-state index in [4.69, 9.17) is 1.41 Å². The van der Waals surface area contributed by atoms with Crippen LogP contribution in [-0.4, -0.2) is 15.9 Å². The quantitative estimate of drug-likeness (QED) is 0.824. The van der Waals surface area contributed by atoms with E-state index in [0.29, 0.717) is 0 Å². The van der Waals surface area contributed by atoms with Gasteiger partial charge in [-0.2, -0.15) is 0 Å². The lowest BCUT2D eigenvalue weighted by Gasteiger charge is -2.05. The van der Waals surface area contributed by atoms with Crippen LogP contribution in [0.4, 0.5) is 0 Å². The van der Waals surface area contributed by atoms with Gasteiger partial charge in [0.2, 0.25) is 0 Å². The average molecular weight is 214 g/mol. The Morgan fingerprint density at radius 3 is 3.00 bits per heavy atom. The number of hydrogen-bond acceptors (Lipinski definition) is 3. The van der Waals surface area contributed by atoms with Crippen LogP contribution in [-0.2, 0) is 0 Å². The van der Waals surface area contributed by atoms with Gasteiger partial charge in [-0.1, -0.05) is 6.07 Å². The highest BCUT2D eigenvalue weighted by molar-refractivity contribution is 5.92. The number of carbonyl (C=O) groups excluding carboxylic acids is 1. The summed E-state index contributed by atoms with van der Waals surface area (Å²) in [4.78, 5) is 19.4. The highest BCUT2D eigenvalue weighted by atomic mass is 16.1. The van der Waals surface area contributed by atoms with Crippen molar-refractivity contribution in [2.75, 3.05) is 0 Å². The molecule has 0 fully saturated rings. The highest BCUT2D eigenvalue weighted by Crippen LogP contribution is 2.21. The van der Waals surface area contributed by atoms with E-state index < -0.39 is 5.91 Å². The van der Waals surface area contributed by atoms with Crippen molar-refractivity contribution >= 4 is 5.91 Å². The maximum Gasteiger partial charge on any atom is 0.267 e. The predicted molar refractivity (Wildman–Crippen MR) is 60.7 cm³/mol. The second-order valence-electron chi connectivity index (χ2n) is 3.40. The molecule has 0 saturated carbocycles. The Hall–Kier alpha value is -2.23. The van der Waals surface area contributed by atoms with Crippen molar-refractivity contribution < 1.29 is 6.21 Å². The van der Waals surface area contributed by atoms with E-state index in [-0.39, 0.29) is 5.69 Å². The third kappa shape index (κ3) is 1.91. The van der Waals surface area contributed by atoms with Crippen LogP contribution >= 0.6 is 0 Å². The second kappa shape index (κ2) is 4.10. The van der Waals surface area contributed by atoms with Gasteiger partial charge in [0.15, 0.2) is 1.41 Å². The Labute approximate surface area is 94.6 Å². The number of amides is 1. The summed E-state index contributed by atoms with van der Waals surface area (Å²) in [5, 5.41) is 0. The Morgan fingerprint density at radius 2 is 2.25 bits per heavy atom. The van der Waals surface area contributed by atoms with Crippen molar-refractivity contribution in [1.82, 2.24) is 9.97 Å². The van der Waals surface area contributed by atoms with E-state index >= 15 is 0 Å². The molecule has 0 aromatic carbocycles. The molecule has 0 radical (unpaired) electrons. The molecule has 0 unspecified atom stereocenters. The summed E-state index contributed by atoms with van der Waals surface area (Å²) in [6.45, 7) is 1.90. The van der Waals surface area contributed by atoms with Gasteiger partial charge in [-0.05, 0) is 30.7 Å². The first-order valence-electron chi connectivity index (χ1n) is 5.32. The number of rotatable bonds is 2. The maximum atomic E-state index is 11.3. The van der Waals surface area contributed by atoms with Gasteiger partial charge in [0.05, 0.1) is 0 Å². The molecule has 0 aliphatic carbocycles. The number of aryl methyl sites for hydroxylation is 1. The zero-order valence-corrected chi connectivity index (χ0v) is 8.77. The van der Waals surface area contributed by atoms with Crippen LogP contribution in [0.2, 0.25) is 1.41 Å². The van der Waals surface area contributed by atoms with Gasteiger partial charge < -0.3 is 5.73 Å². The fourth-order valence-corrected chi connectivity index (χ4v) is 1.51. The molecule has 2 heterocycles. The Bertz CT molecular complexity index is 557. The standard InChI is InChI=1S/C12H11N3O/c1-8-10(3-2-5-14-8)9-4-6-15-11(7-9)12(13)16/h2-7H,1H3,(H2,13,16)/i/hD. The molecule has 0 atom stereocenters. The first-order valence-corrected chi connectivity index (χ1v) is 4.82. The van der Waals surface area contributed by atoms with Gasteiger partial charge in [-0.25, -0.2) is 0 Å². The average Bonchev–Trinajstić information content (AvgIpc) is 2.38. The van der Waals surface area contributed by atoms with E-state index in [1.807, 2.05) is 30.8 Å². The summed E-state index contributed by atoms with van der Waals surface area (Å²) in [6.07, 6.45) is 3.27. The number of nitrogens with two attached hydrogens (primary N) is 1. The van der Waals surface area contributed by atoms with Crippen molar-refractivity contribution in [2.45, 2.75) is 6.92 Å². The van der Waals surface area contributed by atoms with Crippen molar-refractivity contribution in [2.24, 2.45) is 5.73 Å². The number of aromatic nitrogens is 2. The molecular formula is C12H11N3O. The second-order valence-corrected chi connectivity index (χ2v) is 3.40. The topological polar surface area (TPSA) is 68.9 Å². The molecule has 2 aromatic rings. The molecule has 80 valence electrons. The molecule has 0 spiro atoms. The Morgan fingerprint density at radius 1 is 1.38 bits per heavy atom. The van der Waals surface area contributed by atoms with Crippen LogP contribution in [0.15, 0.2) is 36.7 Å². The van der Waals surface area contributed by atoms with Gasteiger partial charge in [0, 0.05) is 23.7 Å². The molecule has 0 saturated heterocycles. The lowest BCUT2D eigenvalue weighted by atomic mass is 10.1. The van der Waals surface area contributed by atoms with Crippen LogP contribution in [0.1, 0.15) is 16.2 Å². The van der Waals surface area contributed by atoms with Gasteiger partial charge in [0.1, 0.15) is 5.69 Å². The Balaban J connectivity index is 2.47. The summed E-state index contributed by atoms with van der Waals surface area (Å²) in [6, 6.07) is 7.23. The van der Waals surface area contributed by atoms with E-state index in [9.17, 15) is 4.79 Å². The fraction of sp³-hybridized carbons (Fsp3) is 0.0833. The highest BCUT2D eigenvalue weighted by Gasteiger charge is 2.06. The molecule has 2 aromatic heterocycles. The molecule has 0 aliphatic heterocycles. The number of nitrogens with zero attached hydrogens (tertiary/aromatic N) is 2. The lowest BCUT2D eigenvalue weighted by Crippen LogP contribution is -2.12. The van der Waals surface area contributed by atoms with Crippen molar-refractivity contribution in [3.8, 4) is 11.1 Å². The lowest BCUT2D eigenvalue weighted by molar-refractivity contribution is 0.0995. The third-order valence-electron chi connectivity index (χ3n) is 2.31. The normalized spacial score (nSPS) is 10.7. The van der Waals surface area contributed by atoms with E-state index in [1.165, 1.54) is 0 Å². The minimum atomic E-state index is -0.520. The smallest absolute Gasteiger partial charge is 0.267 e. The van der Waals surface area contributed by atoms with Gasteiger partial charge in [-0.3, -0.25) is 14.8 Å². The molecule has 4 heteroatoms. The van der Waals surface area contributed by atoms with Crippen molar-refractivity contribution in [1.29, 1.82) is 0 Å². The summed E-state index contributed by atoms with van der Waals surface area (Å²) < 4.78 is 6.81. The first kappa shape index (κ1) is 9.03. The van der Waals surface area contributed by atoms with Crippen molar-refractivity contribution in [3.05, 3.63) is 48.0 Å². The maximum absolute atomic E-state index is 11.3. The molecule has 16 heavy (non-hydrogen) atoms. The molecule has 2 rings (SSSR count). The summed E-state index contributed by atoms with van der Waals surface area (Å²) in [7, 11) is 0. The molecule has 2 N–H and O–H groups in total. The Kier molecular flexibility index (Phi) is 2.31. The van der Waals surface area contributed by atoms with Crippen LogP contribution in [0.5, 0.6) is 0 Å². The summed E-state index contributed by atoms with van der Waals surface area (Å²) in [5.41, 5.74) is 4.73. The zero-order chi connectivity index (χ0) is 12.3. The number of carbonyl (C=O) groups is 1. The van der Waals surface area contributed by atoms with E-state index in [1.54, 1.807) is 18.5 Å². The van der Waals surface area contributed by atoms with Gasteiger partial charge >= 0.3 is 0 Å². The van der Waals surface area contributed by atoms with Gasteiger partial charge in [0.25, 0.3) is 5.91 Å². The van der Waals surface area contributed by atoms with Crippen molar-refractivity contribution in [3.63, 3.8) is 0 Å². The fourth-order valence-electron chi connectivity index (χ4n) is 1.51. The van der Waals surface area contributed by atoms with Crippen LogP contribution in [0, 0.1) is 6.92 Å². The minimum absolute atomic E-state index is 0.223. The SMILES string of the molecule is [2H]NC(=O)c1cc(-c2cccnc2C)ccn1. The van der Waals surface area contributed by atoms with Crippen LogP contribution in [0.25, 0.3) is 11.1 Å². The zero-order valence-electron chi connectivity index (χ0n) is 9.77. The molecule has 1 amide bonds. The first-order chi connectivity index (χ1) is 8.22. The number of hydrogen-bond donors (Lipinski definition) is 1. The van der Waals surface area contributed by atoms with Gasteiger partial charge in [-0.15, -0.1) is 0 Å². The van der Waals surface area contributed by atoms with Crippen LogP contribution in [0.3, 0.4) is 0 Å². The monoisotopic (exact) mass is 214 g/mol. The van der Waals surface area contributed by atoms with Crippen LogP contribution < -0.4 is 5.73 Å². The molecule has 4 nitrogen and oxygen atoms in total. The number of pyridine rings is 2. The molecule has 0 aliphatic rings. The summed E-state index contributed by atoms with van der Waals surface area (Å²) in [5.74, 6) is -0.520. The van der Waals surface area contributed by atoms with E-state index in [0.717, 1.165) is 16.8 Å².